The minimum Gasteiger partial charge on any atom is -0.548 e. The average Bonchev–Trinajstić information content (AvgIpc) is 3.07. The van der Waals surface area contributed by atoms with Crippen LogP contribution in [0.1, 0.15) is 22.6 Å². The number of carbonyl (C=O) groups is 1. The fourth-order valence-electron chi connectivity index (χ4n) is 3.00. The molecule has 0 aliphatic heterocycles. The largest absolute Gasteiger partial charge is 0.548 e. The van der Waals surface area contributed by atoms with Crippen molar-refractivity contribution in [2.45, 2.75) is 19.8 Å². The second kappa shape index (κ2) is 7.11. The molecule has 0 radical (unpaired) electrons. The molecule has 2 aromatic carbocycles. The first-order valence-electron chi connectivity index (χ1n) is 8.09. The Hall–Kier alpha value is -3.59. The summed E-state index contributed by atoms with van der Waals surface area (Å²) in [7, 11) is 0. The van der Waals surface area contributed by atoms with Gasteiger partial charge in [0.05, 0.1) is 17.7 Å². The van der Waals surface area contributed by atoms with Gasteiger partial charge in [0.25, 0.3) is 0 Å². The van der Waals surface area contributed by atoms with Crippen molar-refractivity contribution in [3.8, 4) is 11.8 Å². The van der Waals surface area contributed by atoms with E-state index in [4.69, 9.17) is 5.26 Å². The van der Waals surface area contributed by atoms with Gasteiger partial charge in [-0.25, -0.2) is 4.68 Å². The molecule has 0 spiro atoms. The lowest BCUT2D eigenvalue weighted by atomic mass is 9.91. The average molecular weight is 345 g/mol. The third-order valence-corrected chi connectivity index (χ3v) is 4.13. The number of carboxylic acids is 1. The minimum absolute atomic E-state index is 0.480. The van der Waals surface area contributed by atoms with Gasteiger partial charge in [0.1, 0.15) is 5.92 Å². The molecule has 0 amide bonds. The van der Waals surface area contributed by atoms with Crippen molar-refractivity contribution in [3.63, 3.8) is 0 Å². The van der Waals surface area contributed by atoms with Crippen molar-refractivity contribution < 1.29 is 9.90 Å². The number of carboxylic acid groups (broad SMARTS) is 1. The first-order valence-corrected chi connectivity index (χ1v) is 8.09. The number of anilines is 2. The summed E-state index contributed by atoms with van der Waals surface area (Å²) in [5, 5.41) is 28.0. The minimum atomic E-state index is -1.39. The molecule has 1 N–H and O–H groups in total. The number of aryl methyl sites for hydroxylation is 2. The standard InChI is InChI=1S/C20H18N4O2/c1-13-10-15(11-14(2)19(13)17(12-21)20(25)26)22-18-8-9-24(23-18)16-6-4-3-5-7-16/h3-11,17H,1-2H3,(H,22,23)(H,25,26)/p-1. The van der Waals surface area contributed by atoms with Crippen molar-refractivity contribution in [2.24, 2.45) is 0 Å². The van der Waals surface area contributed by atoms with Gasteiger partial charge in [0.2, 0.25) is 0 Å². The summed E-state index contributed by atoms with van der Waals surface area (Å²) in [4.78, 5) is 11.2. The van der Waals surface area contributed by atoms with Crippen molar-refractivity contribution in [1.82, 2.24) is 9.78 Å². The number of benzene rings is 2. The summed E-state index contributed by atoms with van der Waals surface area (Å²) < 4.78 is 1.76. The number of carbonyl (C=O) groups excluding carboxylic acids is 1. The molecule has 6 heteroatoms. The predicted molar refractivity (Wildman–Crippen MR) is 96.1 cm³/mol. The Balaban J connectivity index is 1.87. The fraction of sp³-hybridized carbons (Fsp3) is 0.150. The molecule has 0 bridgehead atoms. The number of nitrogens with zero attached hydrogens (tertiary/aromatic N) is 3. The van der Waals surface area contributed by atoms with Gasteiger partial charge in [-0.05, 0) is 54.8 Å². The van der Waals surface area contributed by atoms with Crippen LogP contribution in [0.2, 0.25) is 0 Å². The van der Waals surface area contributed by atoms with Crippen LogP contribution < -0.4 is 10.4 Å². The topological polar surface area (TPSA) is 93.8 Å². The molecule has 0 saturated heterocycles. The van der Waals surface area contributed by atoms with Crippen LogP contribution in [0.15, 0.2) is 54.7 Å². The van der Waals surface area contributed by atoms with Gasteiger partial charge in [0.15, 0.2) is 5.82 Å². The molecule has 26 heavy (non-hydrogen) atoms. The lowest BCUT2D eigenvalue weighted by molar-refractivity contribution is -0.306. The number of aromatic nitrogens is 2. The van der Waals surface area contributed by atoms with Gasteiger partial charge in [0, 0.05) is 18.0 Å². The number of aliphatic carboxylic acids is 1. The summed E-state index contributed by atoms with van der Waals surface area (Å²) in [6.07, 6.45) is 1.85. The summed E-state index contributed by atoms with van der Waals surface area (Å²) >= 11 is 0. The highest BCUT2D eigenvalue weighted by Gasteiger charge is 2.18. The molecule has 1 atom stereocenters. The lowest BCUT2D eigenvalue weighted by Crippen LogP contribution is -2.29. The highest BCUT2D eigenvalue weighted by molar-refractivity contribution is 5.79. The first-order chi connectivity index (χ1) is 12.5. The summed E-state index contributed by atoms with van der Waals surface area (Å²) in [5.41, 5.74) is 3.63. The van der Waals surface area contributed by atoms with Crippen LogP contribution in [-0.4, -0.2) is 15.7 Å². The maximum absolute atomic E-state index is 11.2. The normalized spacial score (nSPS) is 11.6. The molecular formula is C20H17N4O2-. The maximum Gasteiger partial charge on any atom is 0.152 e. The molecule has 1 aromatic heterocycles. The molecule has 0 fully saturated rings. The van der Waals surface area contributed by atoms with Crippen LogP contribution in [0.5, 0.6) is 0 Å². The molecule has 0 aliphatic rings. The van der Waals surface area contributed by atoms with Crippen LogP contribution >= 0.6 is 0 Å². The van der Waals surface area contributed by atoms with Gasteiger partial charge in [-0.15, -0.1) is 0 Å². The zero-order valence-corrected chi connectivity index (χ0v) is 14.4. The van der Waals surface area contributed by atoms with E-state index in [2.05, 4.69) is 10.4 Å². The number of nitriles is 1. The van der Waals surface area contributed by atoms with E-state index < -0.39 is 11.9 Å². The second-order valence-electron chi connectivity index (χ2n) is 6.01. The van der Waals surface area contributed by atoms with Crippen molar-refractivity contribution in [1.29, 1.82) is 5.26 Å². The molecule has 1 unspecified atom stereocenters. The van der Waals surface area contributed by atoms with Crippen LogP contribution in [0.25, 0.3) is 5.69 Å². The maximum atomic E-state index is 11.2. The Kier molecular flexibility index (Phi) is 4.72. The highest BCUT2D eigenvalue weighted by atomic mass is 16.4. The van der Waals surface area contributed by atoms with Crippen LogP contribution in [0.4, 0.5) is 11.5 Å². The highest BCUT2D eigenvalue weighted by Crippen LogP contribution is 2.28. The third kappa shape index (κ3) is 3.42. The van der Waals surface area contributed by atoms with E-state index in [1.54, 1.807) is 36.7 Å². The zero-order chi connectivity index (χ0) is 18.7. The second-order valence-corrected chi connectivity index (χ2v) is 6.01. The SMILES string of the molecule is Cc1cc(Nc2ccn(-c3ccccc3)n2)cc(C)c1C(C#N)C(=O)[O-]. The van der Waals surface area contributed by atoms with Gasteiger partial charge < -0.3 is 15.2 Å². The van der Waals surface area contributed by atoms with Crippen molar-refractivity contribution in [2.75, 3.05) is 5.32 Å². The first kappa shape index (κ1) is 17.2. The summed E-state index contributed by atoms with van der Waals surface area (Å²) in [6.45, 7) is 3.56. The summed E-state index contributed by atoms with van der Waals surface area (Å²) in [5.74, 6) is -2.00. The molecule has 0 saturated carbocycles. The summed E-state index contributed by atoms with van der Waals surface area (Å²) in [6, 6.07) is 17.0. The van der Waals surface area contributed by atoms with Crippen molar-refractivity contribution >= 4 is 17.5 Å². The van der Waals surface area contributed by atoms with Gasteiger partial charge in [-0.1, -0.05) is 18.2 Å². The Bertz CT molecular complexity index is 964. The van der Waals surface area contributed by atoms with E-state index in [0.29, 0.717) is 22.5 Å². The van der Waals surface area contributed by atoms with E-state index in [9.17, 15) is 9.90 Å². The van der Waals surface area contributed by atoms with Gasteiger partial charge in [-0.2, -0.15) is 10.4 Å². The van der Waals surface area contributed by atoms with E-state index in [1.165, 1.54) is 0 Å². The monoisotopic (exact) mass is 345 g/mol. The zero-order valence-electron chi connectivity index (χ0n) is 14.4. The molecule has 1 heterocycles. The fourth-order valence-corrected chi connectivity index (χ4v) is 3.00. The van der Waals surface area contributed by atoms with Crippen LogP contribution in [0.3, 0.4) is 0 Å². The Morgan fingerprint density at radius 2 is 1.85 bits per heavy atom. The Morgan fingerprint density at radius 1 is 1.19 bits per heavy atom. The molecular weight excluding hydrogens is 328 g/mol. The number of nitrogens with one attached hydrogen (secondary N) is 1. The molecule has 3 rings (SSSR count). The molecule has 0 aliphatic carbocycles. The van der Waals surface area contributed by atoms with Crippen LogP contribution in [-0.2, 0) is 4.79 Å². The number of para-hydroxylation sites is 1. The molecule has 130 valence electrons. The smallest absolute Gasteiger partial charge is 0.152 e. The molecule has 6 nitrogen and oxygen atoms in total. The van der Waals surface area contributed by atoms with E-state index in [1.807, 2.05) is 42.6 Å². The van der Waals surface area contributed by atoms with Gasteiger partial charge >= 0.3 is 0 Å². The quantitative estimate of drug-likeness (QED) is 0.767. The van der Waals surface area contributed by atoms with Gasteiger partial charge in [-0.3, -0.25) is 0 Å². The van der Waals surface area contributed by atoms with Crippen LogP contribution in [0, 0.1) is 25.2 Å². The van der Waals surface area contributed by atoms with Crippen molar-refractivity contribution in [3.05, 3.63) is 71.4 Å². The number of hydrogen-bond donors (Lipinski definition) is 1. The third-order valence-electron chi connectivity index (χ3n) is 4.13. The predicted octanol–water partition coefficient (Wildman–Crippen LogP) is 2.59. The van der Waals surface area contributed by atoms with E-state index in [-0.39, 0.29) is 0 Å². The molecule has 3 aromatic rings. The number of hydrogen-bond acceptors (Lipinski definition) is 5. The lowest BCUT2D eigenvalue weighted by Gasteiger charge is -2.18. The Morgan fingerprint density at radius 3 is 2.42 bits per heavy atom. The van der Waals surface area contributed by atoms with E-state index in [0.717, 1.165) is 11.4 Å². The number of rotatable bonds is 5. The Labute approximate surface area is 151 Å². The van der Waals surface area contributed by atoms with E-state index >= 15 is 0 Å².